The van der Waals surface area contributed by atoms with Crippen LogP contribution in [-0.2, 0) is 22.6 Å². The van der Waals surface area contributed by atoms with E-state index in [4.69, 9.17) is 16.3 Å². The van der Waals surface area contributed by atoms with Gasteiger partial charge in [0.1, 0.15) is 17.8 Å². The lowest BCUT2D eigenvalue weighted by molar-refractivity contribution is -0.131. The molecule has 1 aromatic heterocycles. The van der Waals surface area contributed by atoms with Crippen molar-refractivity contribution in [2.45, 2.75) is 26.8 Å². The molecule has 0 saturated carbocycles. The van der Waals surface area contributed by atoms with Crippen molar-refractivity contribution in [2.75, 3.05) is 5.32 Å². The summed E-state index contributed by atoms with van der Waals surface area (Å²) < 4.78 is 6.35. The molecule has 4 aromatic rings. The molecule has 164 valence electrons. The normalized spacial score (nSPS) is 10.2. The molecule has 0 bridgehead atoms. The molecule has 0 unspecified atom stereocenters. The highest BCUT2D eigenvalue weighted by molar-refractivity contribution is 6.33. The Morgan fingerprint density at radius 1 is 1.03 bits per heavy atom. The number of para-hydroxylation sites is 2. The van der Waals surface area contributed by atoms with E-state index in [1.807, 2.05) is 54.6 Å². The van der Waals surface area contributed by atoms with E-state index in [0.717, 1.165) is 23.0 Å². The zero-order valence-electron chi connectivity index (χ0n) is 17.8. The Hall–Kier alpha value is -3.71. The van der Waals surface area contributed by atoms with Crippen LogP contribution in [0.15, 0.2) is 72.8 Å². The third-order valence-corrected chi connectivity index (χ3v) is 4.76. The van der Waals surface area contributed by atoms with Gasteiger partial charge in [-0.05, 0) is 48.4 Å². The van der Waals surface area contributed by atoms with Crippen LogP contribution in [0.4, 0.5) is 5.69 Å². The summed E-state index contributed by atoms with van der Waals surface area (Å²) >= 11 is 6.12. The van der Waals surface area contributed by atoms with Gasteiger partial charge < -0.3 is 10.1 Å². The third kappa shape index (κ3) is 6.39. The molecule has 0 fully saturated rings. The zero-order chi connectivity index (χ0) is 22.9. The molecule has 4 rings (SSSR count). The summed E-state index contributed by atoms with van der Waals surface area (Å²) in [4.78, 5) is 22.6. The molecule has 1 heterocycles. The maximum Gasteiger partial charge on any atom is 0.308 e. The van der Waals surface area contributed by atoms with Gasteiger partial charge in [-0.1, -0.05) is 60.1 Å². The summed E-state index contributed by atoms with van der Waals surface area (Å²) in [5, 5.41) is 11.4. The number of hydrogen-bond acceptors (Lipinski definition) is 5. The van der Waals surface area contributed by atoms with E-state index < -0.39 is 0 Å². The van der Waals surface area contributed by atoms with Gasteiger partial charge in [-0.25, -0.2) is 4.68 Å². The van der Waals surface area contributed by atoms with Crippen molar-refractivity contribution in [1.29, 1.82) is 0 Å². The minimum absolute atomic E-state index is 0.0905. The van der Waals surface area contributed by atoms with Crippen molar-refractivity contribution >= 4 is 40.2 Å². The molecule has 32 heavy (non-hydrogen) atoms. The summed E-state index contributed by atoms with van der Waals surface area (Å²) in [7, 11) is 0. The number of halogens is 1. The Labute approximate surface area is 191 Å². The van der Waals surface area contributed by atoms with Crippen molar-refractivity contribution in [3.05, 3.63) is 83.4 Å². The first-order chi connectivity index (χ1) is 15.5. The van der Waals surface area contributed by atoms with Crippen molar-refractivity contribution in [2.24, 2.45) is 0 Å². The molecular formula is C24H23ClN4O3. The third-order valence-electron chi connectivity index (χ3n) is 4.43. The predicted molar refractivity (Wildman–Crippen MR) is 125 cm³/mol. The Morgan fingerprint density at radius 3 is 2.47 bits per heavy atom. The maximum absolute atomic E-state index is 12.2. The number of nitrogens with one attached hydrogen (secondary N) is 1. The number of nitrogens with zero attached hydrogens (tertiary/aromatic N) is 3. The number of ether oxygens (including phenoxy) is 1. The quantitative estimate of drug-likeness (QED) is 0.345. The van der Waals surface area contributed by atoms with E-state index >= 15 is 0 Å². The van der Waals surface area contributed by atoms with Gasteiger partial charge in [-0.3, -0.25) is 9.59 Å². The van der Waals surface area contributed by atoms with Gasteiger partial charge in [0, 0.05) is 6.92 Å². The molecule has 0 spiro atoms. The summed E-state index contributed by atoms with van der Waals surface area (Å²) in [5.74, 6) is 0.118. The van der Waals surface area contributed by atoms with Crippen molar-refractivity contribution < 1.29 is 14.3 Å². The molecular weight excluding hydrogens is 428 g/mol. The van der Waals surface area contributed by atoms with Crippen LogP contribution in [0.1, 0.15) is 19.4 Å². The van der Waals surface area contributed by atoms with Crippen molar-refractivity contribution in [3.8, 4) is 5.75 Å². The number of aryl methyl sites for hydroxylation is 1. The molecule has 0 aliphatic heterocycles. The first kappa shape index (κ1) is 23.0. The lowest BCUT2D eigenvalue weighted by atomic mass is 10.1. The van der Waals surface area contributed by atoms with Crippen LogP contribution in [-0.4, -0.2) is 26.9 Å². The van der Waals surface area contributed by atoms with Crippen LogP contribution < -0.4 is 10.1 Å². The van der Waals surface area contributed by atoms with Gasteiger partial charge in [0.15, 0.2) is 0 Å². The second kappa shape index (κ2) is 11.1. The molecule has 0 aliphatic rings. The number of benzene rings is 3. The fourth-order valence-electron chi connectivity index (χ4n) is 2.90. The van der Waals surface area contributed by atoms with E-state index in [0.29, 0.717) is 16.5 Å². The molecule has 0 aliphatic carbocycles. The average molecular weight is 451 g/mol. The molecule has 0 saturated heterocycles. The van der Waals surface area contributed by atoms with Crippen molar-refractivity contribution in [3.63, 3.8) is 0 Å². The van der Waals surface area contributed by atoms with Gasteiger partial charge in [0.2, 0.25) is 5.91 Å². The van der Waals surface area contributed by atoms with E-state index in [2.05, 4.69) is 22.6 Å². The number of rotatable bonds is 5. The fraction of sp³-hybridized carbons (Fsp3) is 0.167. The van der Waals surface area contributed by atoms with Gasteiger partial charge in [0.05, 0.1) is 16.2 Å². The number of hydrogen-bond donors (Lipinski definition) is 1. The highest BCUT2D eigenvalue weighted by Crippen LogP contribution is 2.23. The van der Waals surface area contributed by atoms with Gasteiger partial charge in [0.25, 0.3) is 0 Å². The van der Waals surface area contributed by atoms with Crippen LogP contribution in [0, 0.1) is 0 Å². The summed E-state index contributed by atoms with van der Waals surface area (Å²) in [6.45, 7) is 3.52. The Balaban J connectivity index is 0.000000243. The minimum atomic E-state index is -0.286. The number of amides is 1. The van der Waals surface area contributed by atoms with Crippen LogP contribution in [0.2, 0.25) is 5.02 Å². The fourth-order valence-corrected chi connectivity index (χ4v) is 3.07. The number of anilines is 1. The second-order valence-corrected chi connectivity index (χ2v) is 7.27. The Morgan fingerprint density at radius 2 is 1.75 bits per heavy atom. The van der Waals surface area contributed by atoms with Crippen LogP contribution in [0.5, 0.6) is 5.75 Å². The molecule has 0 atom stereocenters. The Bertz CT molecular complexity index is 1210. The number of carbonyl (C=O) groups excluding carboxylic acids is 2. The predicted octanol–water partition coefficient (Wildman–Crippen LogP) is 4.90. The first-order valence-electron chi connectivity index (χ1n) is 10.1. The molecule has 0 radical (unpaired) electrons. The summed E-state index contributed by atoms with van der Waals surface area (Å²) in [5.41, 5.74) is 3.33. The number of carbonyl (C=O) groups is 2. The SMILES string of the molecule is CC(=O)Oc1ccccc1.CCc1ccc(Cl)c(NC(=O)Cn2nnc3ccccc32)c1. The van der Waals surface area contributed by atoms with Gasteiger partial charge in [-0.2, -0.15) is 0 Å². The topological polar surface area (TPSA) is 86.1 Å². The number of fused-ring (bicyclic) bond motifs is 1. The smallest absolute Gasteiger partial charge is 0.308 e. The van der Waals surface area contributed by atoms with Gasteiger partial charge >= 0.3 is 5.97 Å². The van der Waals surface area contributed by atoms with Crippen LogP contribution in [0.25, 0.3) is 11.0 Å². The maximum atomic E-state index is 12.2. The molecule has 8 heteroatoms. The molecule has 3 aromatic carbocycles. The minimum Gasteiger partial charge on any atom is -0.427 e. The molecule has 1 N–H and O–H groups in total. The molecule has 1 amide bonds. The summed E-state index contributed by atoms with van der Waals surface area (Å²) in [6.07, 6.45) is 0.883. The zero-order valence-corrected chi connectivity index (χ0v) is 18.5. The largest absolute Gasteiger partial charge is 0.427 e. The number of esters is 1. The molecule has 7 nitrogen and oxygen atoms in total. The number of aromatic nitrogens is 3. The highest BCUT2D eigenvalue weighted by atomic mass is 35.5. The van der Waals surface area contributed by atoms with Crippen LogP contribution >= 0.6 is 11.6 Å². The van der Waals surface area contributed by atoms with Crippen LogP contribution in [0.3, 0.4) is 0 Å². The lowest BCUT2D eigenvalue weighted by Gasteiger charge is -2.09. The summed E-state index contributed by atoms with van der Waals surface area (Å²) in [6, 6.07) is 22.1. The van der Waals surface area contributed by atoms with E-state index in [1.165, 1.54) is 6.92 Å². The standard InChI is InChI=1S/C16H15ClN4O.C8H8O2/c1-2-11-7-8-12(17)14(9-11)18-16(22)10-21-15-6-4-3-5-13(15)19-20-21;1-7(9)10-8-5-3-2-4-6-8/h3-9H,2,10H2,1H3,(H,18,22);2-6H,1H3. The van der Waals surface area contributed by atoms with Crippen molar-refractivity contribution in [1.82, 2.24) is 15.0 Å². The average Bonchev–Trinajstić information content (AvgIpc) is 3.19. The highest BCUT2D eigenvalue weighted by Gasteiger charge is 2.10. The monoisotopic (exact) mass is 450 g/mol. The van der Waals surface area contributed by atoms with E-state index in [1.54, 1.807) is 22.9 Å². The van der Waals surface area contributed by atoms with E-state index in [9.17, 15) is 9.59 Å². The lowest BCUT2D eigenvalue weighted by Crippen LogP contribution is -2.19. The Kier molecular flexibility index (Phi) is 7.94. The van der Waals surface area contributed by atoms with E-state index in [-0.39, 0.29) is 18.4 Å². The van der Waals surface area contributed by atoms with Gasteiger partial charge in [-0.15, -0.1) is 5.10 Å². The second-order valence-electron chi connectivity index (χ2n) is 6.86. The first-order valence-corrected chi connectivity index (χ1v) is 10.4.